The van der Waals surface area contributed by atoms with Crippen LogP contribution in [0.4, 0.5) is 5.82 Å². The highest BCUT2D eigenvalue weighted by atomic mass is 15.3. The molecule has 0 atom stereocenters. The van der Waals surface area contributed by atoms with Crippen molar-refractivity contribution in [2.75, 3.05) is 51.2 Å². The minimum atomic E-state index is 0.912. The van der Waals surface area contributed by atoms with Crippen LogP contribution in [0.3, 0.4) is 0 Å². The molecule has 0 saturated carbocycles. The Morgan fingerprint density at radius 3 is 2.45 bits per heavy atom. The zero-order valence-corrected chi connectivity index (χ0v) is 17.9. The van der Waals surface area contributed by atoms with Gasteiger partial charge in [0.1, 0.15) is 11.6 Å². The maximum Gasteiger partial charge on any atom is 0.147 e. The van der Waals surface area contributed by atoms with Crippen molar-refractivity contribution in [1.82, 2.24) is 29.3 Å². The zero-order valence-electron chi connectivity index (χ0n) is 17.9. The topological polar surface area (TPSA) is 53.3 Å². The van der Waals surface area contributed by atoms with Crippen LogP contribution < -0.4 is 4.90 Å². The maximum absolute atomic E-state index is 4.92. The first-order valence-electron chi connectivity index (χ1n) is 11.1. The standard InChI is InChI=1S/C24H27N7/c1-28-9-11-30(12-10-28)24-17-25-21(16-26-24)18-5-6-20-22(15-18)31-14-13-29(19-3-2-4-19)8-7-23(31)27-20/h2-6,15-17H,7-14H2,1H3. The van der Waals surface area contributed by atoms with Gasteiger partial charge in [-0.25, -0.2) is 9.97 Å². The summed E-state index contributed by atoms with van der Waals surface area (Å²) in [5, 5.41) is 0. The second-order valence-corrected chi connectivity index (χ2v) is 8.62. The van der Waals surface area contributed by atoms with Crippen LogP contribution in [-0.4, -0.2) is 75.6 Å². The van der Waals surface area contributed by atoms with Gasteiger partial charge in [-0.15, -0.1) is 0 Å². The molecule has 2 aliphatic heterocycles. The molecular weight excluding hydrogens is 386 g/mol. The summed E-state index contributed by atoms with van der Waals surface area (Å²) in [5.74, 6) is 2.14. The van der Waals surface area contributed by atoms with E-state index in [2.05, 4.69) is 62.7 Å². The van der Waals surface area contributed by atoms with Crippen LogP contribution >= 0.6 is 0 Å². The second-order valence-electron chi connectivity index (χ2n) is 8.62. The normalized spacial score (nSPS) is 19.2. The number of nitrogens with zero attached hydrogens (tertiary/aromatic N) is 7. The second kappa shape index (κ2) is 7.50. The lowest BCUT2D eigenvalue weighted by atomic mass is 10.1. The van der Waals surface area contributed by atoms with E-state index in [1.54, 1.807) is 0 Å². The average molecular weight is 414 g/mol. The predicted molar refractivity (Wildman–Crippen MR) is 123 cm³/mol. The summed E-state index contributed by atoms with van der Waals surface area (Å²) in [6.07, 6.45) is 11.3. The third-order valence-electron chi connectivity index (χ3n) is 6.69. The largest absolute Gasteiger partial charge is 0.369 e. The van der Waals surface area contributed by atoms with Gasteiger partial charge < -0.3 is 19.3 Å². The Morgan fingerprint density at radius 2 is 1.71 bits per heavy atom. The van der Waals surface area contributed by atoms with Gasteiger partial charge in [0, 0.05) is 63.5 Å². The smallest absolute Gasteiger partial charge is 0.147 e. The molecule has 1 aromatic carbocycles. The Hall–Kier alpha value is -3.19. The molecule has 3 aromatic rings. The van der Waals surface area contributed by atoms with Crippen molar-refractivity contribution in [3.63, 3.8) is 0 Å². The van der Waals surface area contributed by atoms with Gasteiger partial charge in [0.25, 0.3) is 0 Å². The van der Waals surface area contributed by atoms with Crippen LogP contribution in [0.5, 0.6) is 0 Å². The lowest BCUT2D eigenvalue weighted by Crippen LogP contribution is -2.44. The lowest BCUT2D eigenvalue weighted by Gasteiger charge is -2.32. The summed E-state index contributed by atoms with van der Waals surface area (Å²) < 4.78 is 2.38. The van der Waals surface area contributed by atoms with Crippen LogP contribution in [0.25, 0.3) is 22.3 Å². The van der Waals surface area contributed by atoms with Crippen molar-refractivity contribution >= 4 is 16.9 Å². The third kappa shape index (κ3) is 3.39. The predicted octanol–water partition coefficient (Wildman–Crippen LogP) is 2.56. The molecule has 1 aliphatic carbocycles. The highest BCUT2D eigenvalue weighted by Gasteiger charge is 2.20. The Labute approximate surface area is 182 Å². The molecule has 6 rings (SSSR count). The van der Waals surface area contributed by atoms with Crippen molar-refractivity contribution < 1.29 is 0 Å². The molecule has 1 saturated heterocycles. The van der Waals surface area contributed by atoms with E-state index < -0.39 is 0 Å². The number of hydrogen-bond acceptors (Lipinski definition) is 6. The minimum Gasteiger partial charge on any atom is -0.369 e. The van der Waals surface area contributed by atoms with Gasteiger partial charge >= 0.3 is 0 Å². The molecular formula is C24H27N7. The van der Waals surface area contributed by atoms with Gasteiger partial charge in [-0.1, -0.05) is 12.1 Å². The van der Waals surface area contributed by atoms with Gasteiger partial charge in [-0.05, 0) is 31.3 Å². The molecule has 0 radical (unpaired) electrons. The van der Waals surface area contributed by atoms with Crippen LogP contribution in [0.1, 0.15) is 5.82 Å². The summed E-state index contributed by atoms with van der Waals surface area (Å²) in [7, 11) is 2.17. The van der Waals surface area contributed by atoms with E-state index in [0.29, 0.717) is 0 Å². The van der Waals surface area contributed by atoms with Crippen molar-refractivity contribution in [1.29, 1.82) is 0 Å². The fourth-order valence-electron chi connectivity index (χ4n) is 4.66. The van der Waals surface area contributed by atoms with Gasteiger partial charge in [-0.3, -0.25) is 4.98 Å². The average Bonchev–Trinajstić information content (AvgIpc) is 2.99. The minimum absolute atomic E-state index is 0.912. The molecule has 1 fully saturated rings. The molecule has 0 bridgehead atoms. The van der Waals surface area contributed by atoms with E-state index in [1.165, 1.54) is 17.0 Å². The van der Waals surface area contributed by atoms with Crippen LogP contribution in [-0.2, 0) is 13.0 Å². The Morgan fingerprint density at radius 1 is 0.871 bits per heavy atom. The summed E-state index contributed by atoms with van der Waals surface area (Å²) in [6, 6.07) is 6.46. The number of benzene rings is 1. The number of fused-ring (bicyclic) bond motifs is 3. The molecule has 7 heteroatoms. The van der Waals surface area contributed by atoms with E-state index in [9.17, 15) is 0 Å². The van der Waals surface area contributed by atoms with Crippen LogP contribution in [0.15, 0.2) is 54.5 Å². The first-order valence-corrected chi connectivity index (χ1v) is 11.1. The molecule has 0 unspecified atom stereocenters. The summed E-state index contributed by atoms with van der Waals surface area (Å²) in [6.45, 7) is 7.12. The number of imidazole rings is 1. The number of rotatable bonds is 3. The van der Waals surface area contributed by atoms with Crippen LogP contribution in [0, 0.1) is 0 Å². The van der Waals surface area contributed by atoms with E-state index >= 15 is 0 Å². The number of hydrogen-bond donors (Lipinski definition) is 0. The molecule has 31 heavy (non-hydrogen) atoms. The van der Waals surface area contributed by atoms with Gasteiger partial charge in [0.15, 0.2) is 0 Å². The summed E-state index contributed by atoms with van der Waals surface area (Å²) in [5.41, 5.74) is 5.61. The molecule has 0 spiro atoms. The summed E-state index contributed by atoms with van der Waals surface area (Å²) >= 11 is 0. The van der Waals surface area contributed by atoms with E-state index in [4.69, 9.17) is 15.0 Å². The zero-order chi connectivity index (χ0) is 20.8. The number of likely N-dealkylation sites (N-methyl/N-ethyl adjacent to an activating group) is 1. The van der Waals surface area contributed by atoms with Crippen molar-refractivity contribution in [3.05, 3.63) is 60.3 Å². The monoisotopic (exact) mass is 413 g/mol. The van der Waals surface area contributed by atoms with E-state index in [1.807, 2.05) is 12.4 Å². The molecule has 0 amide bonds. The van der Waals surface area contributed by atoms with Crippen molar-refractivity contribution in [2.45, 2.75) is 13.0 Å². The highest BCUT2D eigenvalue weighted by Crippen LogP contribution is 2.27. The molecule has 4 heterocycles. The maximum atomic E-state index is 4.92. The van der Waals surface area contributed by atoms with Crippen molar-refractivity contribution in [3.8, 4) is 11.3 Å². The summed E-state index contributed by atoms with van der Waals surface area (Å²) in [4.78, 5) is 21.5. The Balaban J connectivity index is 1.25. The highest BCUT2D eigenvalue weighted by molar-refractivity contribution is 5.82. The quantitative estimate of drug-likeness (QED) is 0.658. The van der Waals surface area contributed by atoms with Crippen molar-refractivity contribution in [2.24, 2.45) is 0 Å². The number of allylic oxidation sites excluding steroid dienone is 3. The third-order valence-corrected chi connectivity index (χ3v) is 6.69. The SMILES string of the molecule is CN1CCN(c2cnc(-c3ccc4nc5n(c4c3)CCN(C3=CC=C3)CC5)cn2)CC1. The van der Waals surface area contributed by atoms with Gasteiger partial charge in [-0.2, -0.15) is 0 Å². The molecule has 0 N–H and O–H groups in total. The number of piperazine rings is 1. The fraction of sp³-hybridized carbons (Fsp3) is 0.375. The number of anilines is 1. The Kier molecular flexibility index (Phi) is 4.49. The molecule has 158 valence electrons. The molecule has 7 nitrogen and oxygen atoms in total. The van der Waals surface area contributed by atoms with Gasteiger partial charge in [0.05, 0.1) is 29.1 Å². The number of aromatic nitrogens is 4. The Bertz CT molecular complexity index is 1170. The van der Waals surface area contributed by atoms with E-state index in [-0.39, 0.29) is 0 Å². The first kappa shape index (κ1) is 18.6. The lowest BCUT2D eigenvalue weighted by molar-refractivity contribution is 0.312. The molecule has 2 aromatic heterocycles. The fourth-order valence-corrected chi connectivity index (χ4v) is 4.66. The van der Waals surface area contributed by atoms with Gasteiger partial charge in [0.2, 0.25) is 0 Å². The first-order chi connectivity index (χ1) is 15.2. The van der Waals surface area contributed by atoms with E-state index in [0.717, 1.165) is 74.8 Å². The molecule has 3 aliphatic rings. The van der Waals surface area contributed by atoms with Crippen LogP contribution in [0.2, 0.25) is 0 Å².